The first-order valence-electron chi connectivity index (χ1n) is 24.9. The third-order valence-electron chi connectivity index (χ3n) is 9.61. The van der Waals surface area contributed by atoms with Gasteiger partial charge in [-0.1, -0.05) is 179 Å². The first kappa shape index (κ1) is 62.8. The molecule has 10 nitrogen and oxygen atoms in total. The minimum absolute atomic E-state index is 0.0283. The Kier molecular flexibility index (Phi) is 46.7. The summed E-state index contributed by atoms with van der Waals surface area (Å²) in [5.74, 6) is -1.83. The zero-order valence-corrected chi connectivity index (χ0v) is 42.1. The predicted molar refractivity (Wildman–Crippen MR) is 281 cm³/mol. The Balaban J connectivity index is 4.35. The van der Waals surface area contributed by atoms with Crippen molar-refractivity contribution in [2.75, 3.05) is 26.4 Å². The fraction of sp³-hybridized carbons (Fsp3) is 0.536. The Bertz CT molecular complexity index is 1610. The molecule has 0 aromatic rings. The fourth-order valence-corrected chi connectivity index (χ4v) is 6.62. The minimum atomic E-state index is -4.65. The van der Waals surface area contributed by atoms with Crippen LogP contribution in [0.25, 0.3) is 0 Å². The smallest absolute Gasteiger partial charge is 0.472 e. The number of ether oxygens (including phenoxy) is 2. The van der Waals surface area contributed by atoms with Gasteiger partial charge in [-0.15, -0.1) is 0 Å². The molecule has 0 fully saturated rings. The number of allylic oxidation sites excluding steroid dienone is 24. The molecule has 0 saturated carbocycles. The number of carbonyl (C=O) groups is 2. The molecule has 0 aromatic heterocycles. The summed E-state index contributed by atoms with van der Waals surface area (Å²) >= 11 is 0. The molecule has 4 N–H and O–H groups in total. The van der Waals surface area contributed by atoms with Gasteiger partial charge in [-0.2, -0.15) is 0 Å². The van der Waals surface area contributed by atoms with Crippen LogP contribution in [0, 0.1) is 0 Å². The molecule has 0 aromatic carbocycles. The SMILES string of the molecule is CC/C=C\C/C=C\C/C=C\C/C=C\C/C=C\C/C=C\CCCCCCC(=O)OC(COCCCCC/C=C\C/C=C\C/C=C\C/C=C\C/C=C\C/C=C\CC)COP(=O)(O)OCC(N)C(=O)O. The lowest BCUT2D eigenvalue weighted by Gasteiger charge is -2.20. The predicted octanol–water partition coefficient (Wildman–Crippen LogP) is 14.8. The highest BCUT2D eigenvalue weighted by molar-refractivity contribution is 7.47. The third kappa shape index (κ3) is 49.6. The van der Waals surface area contributed by atoms with Gasteiger partial charge in [0.15, 0.2) is 0 Å². The summed E-state index contributed by atoms with van der Waals surface area (Å²) in [5.41, 5.74) is 5.37. The van der Waals surface area contributed by atoms with Crippen LogP contribution in [-0.2, 0) is 32.7 Å². The molecule has 3 atom stereocenters. The van der Waals surface area contributed by atoms with Crippen LogP contribution in [0.5, 0.6) is 0 Å². The summed E-state index contributed by atoms with van der Waals surface area (Å²) in [6, 6.07) is -1.49. The lowest BCUT2D eigenvalue weighted by molar-refractivity contribution is -0.154. The molecular weight excluding hydrogens is 862 g/mol. The topological polar surface area (TPSA) is 155 Å². The van der Waals surface area contributed by atoms with Crippen LogP contribution in [0.15, 0.2) is 146 Å². The van der Waals surface area contributed by atoms with Crippen molar-refractivity contribution in [1.82, 2.24) is 0 Å². The highest BCUT2D eigenvalue weighted by Crippen LogP contribution is 2.43. The van der Waals surface area contributed by atoms with Gasteiger partial charge in [-0.3, -0.25) is 18.6 Å². The van der Waals surface area contributed by atoms with Gasteiger partial charge < -0.3 is 25.2 Å². The number of hydrogen-bond acceptors (Lipinski definition) is 8. The summed E-state index contributed by atoms with van der Waals surface area (Å²) in [6.45, 7) is 3.51. The van der Waals surface area contributed by atoms with E-state index < -0.39 is 45.1 Å². The molecule has 0 aliphatic heterocycles. The zero-order valence-electron chi connectivity index (χ0n) is 41.2. The number of phosphoric acid groups is 1. The van der Waals surface area contributed by atoms with Crippen LogP contribution < -0.4 is 5.73 Å². The van der Waals surface area contributed by atoms with Gasteiger partial charge in [0.05, 0.1) is 19.8 Å². The van der Waals surface area contributed by atoms with E-state index in [9.17, 15) is 19.0 Å². The van der Waals surface area contributed by atoms with Crippen LogP contribution in [0.2, 0.25) is 0 Å². The van der Waals surface area contributed by atoms with Gasteiger partial charge in [0.2, 0.25) is 0 Å². The molecule has 0 bridgehead atoms. The van der Waals surface area contributed by atoms with Crippen molar-refractivity contribution in [2.24, 2.45) is 5.73 Å². The summed E-state index contributed by atoms with van der Waals surface area (Å²) in [6.07, 6.45) is 71.9. The largest absolute Gasteiger partial charge is 0.480 e. The lowest BCUT2D eigenvalue weighted by Crippen LogP contribution is -2.34. The van der Waals surface area contributed by atoms with Crippen LogP contribution >= 0.6 is 7.82 Å². The van der Waals surface area contributed by atoms with Crippen molar-refractivity contribution in [2.45, 2.75) is 167 Å². The van der Waals surface area contributed by atoms with E-state index in [0.29, 0.717) is 13.0 Å². The molecule has 0 aliphatic rings. The van der Waals surface area contributed by atoms with Crippen molar-refractivity contribution in [3.63, 3.8) is 0 Å². The third-order valence-corrected chi connectivity index (χ3v) is 10.6. The Morgan fingerprint density at radius 2 is 0.821 bits per heavy atom. The first-order chi connectivity index (χ1) is 32.7. The maximum absolute atomic E-state index is 12.7. The van der Waals surface area contributed by atoms with Crippen molar-refractivity contribution in [3.05, 3.63) is 146 Å². The summed E-state index contributed by atoms with van der Waals surface area (Å²) < 4.78 is 33.4. The average molecular weight is 950 g/mol. The number of nitrogens with two attached hydrogens (primary N) is 1. The summed E-state index contributed by atoms with van der Waals surface area (Å²) in [4.78, 5) is 33.7. The zero-order chi connectivity index (χ0) is 49.0. The van der Waals surface area contributed by atoms with Crippen molar-refractivity contribution in [3.8, 4) is 0 Å². The number of carbonyl (C=O) groups excluding carboxylic acids is 1. The molecule has 0 saturated heterocycles. The number of phosphoric ester groups is 1. The van der Waals surface area contributed by atoms with Gasteiger partial charge in [0, 0.05) is 13.0 Å². The van der Waals surface area contributed by atoms with E-state index in [1.165, 1.54) is 0 Å². The standard InChI is InChI=1S/C56H88NO9P/c1-3-5-7-9-11-13-15-17-19-21-23-25-27-28-30-32-34-36-38-40-42-44-46-48-55(58)66-53(51-64-67(61,62)65-52-54(57)56(59)60)50-63-49-47-45-43-41-39-37-35-33-31-29-26-24-22-20-18-16-14-12-10-8-6-4-2/h5-8,11-14,17-20,23-26,28,30-31,33-34,36-37,39,53-54H,3-4,9-10,15-16,21-22,27,29,32,35,38,40-52,57H2,1-2H3,(H,59,60)(H,61,62)/b7-5-,8-6-,13-11-,14-12-,19-17-,20-18-,25-23-,26-24-,30-28-,33-31-,36-34-,39-37-. The Hall–Kier alpha value is -4.15. The molecule has 0 aliphatic carbocycles. The molecule has 0 radical (unpaired) electrons. The van der Waals surface area contributed by atoms with Crippen LogP contribution in [0.3, 0.4) is 0 Å². The van der Waals surface area contributed by atoms with Crippen LogP contribution in [-0.4, -0.2) is 60.5 Å². The van der Waals surface area contributed by atoms with Crippen molar-refractivity contribution >= 4 is 19.8 Å². The van der Waals surface area contributed by atoms with E-state index >= 15 is 0 Å². The molecule has 3 unspecified atom stereocenters. The normalized spacial score (nSPS) is 14.9. The fourth-order valence-electron chi connectivity index (χ4n) is 5.84. The van der Waals surface area contributed by atoms with Gasteiger partial charge in [-0.25, -0.2) is 4.57 Å². The molecule has 0 spiro atoms. The quantitative estimate of drug-likeness (QED) is 0.0233. The van der Waals surface area contributed by atoms with E-state index in [0.717, 1.165) is 128 Å². The maximum Gasteiger partial charge on any atom is 0.472 e. The number of aliphatic carboxylic acids is 1. The molecule has 11 heteroatoms. The van der Waals surface area contributed by atoms with Crippen LogP contribution in [0.1, 0.15) is 155 Å². The molecule has 376 valence electrons. The van der Waals surface area contributed by atoms with Crippen LogP contribution in [0.4, 0.5) is 0 Å². The van der Waals surface area contributed by atoms with Gasteiger partial charge in [0.25, 0.3) is 0 Å². The number of carboxylic acids is 1. The van der Waals surface area contributed by atoms with E-state index in [2.05, 4.69) is 160 Å². The Morgan fingerprint density at radius 3 is 1.21 bits per heavy atom. The number of hydrogen-bond donors (Lipinski definition) is 3. The number of esters is 1. The average Bonchev–Trinajstić information content (AvgIpc) is 3.31. The summed E-state index contributed by atoms with van der Waals surface area (Å²) in [5, 5.41) is 8.93. The minimum Gasteiger partial charge on any atom is -0.480 e. The molecule has 0 heterocycles. The highest BCUT2D eigenvalue weighted by Gasteiger charge is 2.27. The number of carboxylic acid groups (broad SMARTS) is 1. The maximum atomic E-state index is 12.7. The Morgan fingerprint density at radius 1 is 0.478 bits per heavy atom. The van der Waals surface area contributed by atoms with Gasteiger partial charge in [0.1, 0.15) is 12.1 Å². The van der Waals surface area contributed by atoms with Gasteiger partial charge >= 0.3 is 19.8 Å². The first-order valence-corrected chi connectivity index (χ1v) is 26.4. The van der Waals surface area contributed by atoms with Gasteiger partial charge in [-0.05, 0) is 116 Å². The molecule has 0 amide bonds. The molecular formula is C56H88NO9P. The van der Waals surface area contributed by atoms with E-state index in [4.69, 9.17) is 29.4 Å². The monoisotopic (exact) mass is 950 g/mol. The lowest BCUT2D eigenvalue weighted by atomic mass is 10.1. The van der Waals surface area contributed by atoms with E-state index in [-0.39, 0.29) is 13.0 Å². The second-order valence-electron chi connectivity index (χ2n) is 15.8. The number of unbranched alkanes of at least 4 members (excludes halogenated alkanes) is 7. The van der Waals surface area contributed by atoms with Crippen molar-refractivity contribution in [1.29, 1.82) is 0 Å². The second kappa shape index (κ2) is 49.7. The molecule has 67 heavy (non-hydrogen) atoms. The van der Waals surface area contributed by atoms with E-state index in [1.54, 1.807) is 0 Å². The molecule has 0 rings (SSSR count). The summed E-state index contributed by atoms with van der Waals surface area (Å²) in [7, 11) is -4.65. The Labute approximate surface area is 406 Å². The van der Waals surface area contributed by atoms with E-state index in [1.807, 2.05) is 0 Å². The van der Waals surface area contributed by atoms with Crippen molar-refractivity contribution < 1.29 is 42.7 Å². The number of rotatable bonds is 45. The highest BCUT2D eigenvalue weighted by atomic mass is 31.2. The second-order valence-corrected chi connectivity index (χ2v) is 17.3.